The van der Waals surface area contributed by atoms with E-state index in [-0.39, 0.29) is 5.91 Å². The van der Waals surface area contributed by atoms with E-state index in [1.54, 1.807) is 18.2 Å². The summed E-state index contributed by atoms with van der Waals surface area (Å²) in [4.78, 5) is 14.5. The van der Waals surface area contributed by atoms with Crippen molar-refractivity contribution in [1.29, 1.82) is 0 Å². The zero-order valence-electron chi connectivity index (χ0n) is 14.3. The van der Waals surface area contributed by atoms with Gasteiger partial charge in [-0.2, -0.15) is 0 Å². The van der Waals surface area contributed by atoms with Crippen LogP contribution in [-0.4, -0.2) is 29.1 Å². The summed E-state index contributed by atoms with van der Waals surface area (Å²) in [5, 5.41) is 3.39. The maximum absolute atomic E-state index is 12.5. The van der Waals surface area contributed by atoms with Gasteiger partial charge >= 0.3 is 0 Å². The van der Waals surface area contributed by atoms with Crippen LogP contribution in [0.15, 0.2) is 48.5 Å². The fourth-order valence-corrected chi connectivity index (χ4v) is 3.15. The second-order valence-electron chi connectivity index (χ2n) is 6.27. The van der Waals surface area contributed by atoms with Crippen molar-refractivity contribution >= 4 is 29.0 Å². The van der Waals surface area contributed by atoms with Gasteiger partial charge in [0.1, 0.15) is 5.75 Å². The van der Waals surface area contributed by atoms with Crippen molar-refractivity contribution in [3.8, 4) is 5.75 Å². The minimum atomic E-state index is -0.167. The van der Waals surface area contributed by atoms with E-state index in [0.717, 1.165) is 37.2 Å². The van der Waals surface area contributed by atoms with Crippen molar-refractivity contribution in [2.45, 2.75) is 26.2 Å². The number of thiocarbonyl (C=S) groups is 1. The van der Waals surface area contributed by atoms with Crippen LogP contribution in [0.5, 0.6) is 5.75 Å². The molecule has 1 heterocycles. The number of nitrogens with zero attached hydrogens (tertiary/aromatic N) is 1. The Balaban J connectivity index is 1.66. The summed E-state index contributed by atoms with van der Waals surface area (Å²) in [5.74, 6) is 0.424. The van der Waals surface area contributed by atoms with Crippen LogP contribution in [0.25, 0.3) is 0 Å². The number of piperidine rings is 1. The summed E-state index contributed by atoms with van der Waals surface area (Å²) in [6, 6.07) is 14.8. The average Bonchev–Trinajstić information content (AvgIpc) is 2.62. The third-order valence-electron chi connectivity index (χ3n) is 4.19. The Kier molecular flexibility index (Phi) is 5.66. The molecule has 0 aliphatic carbocycles. The number of aryl methyl sites for hydroxylation is 1. The lowest BCUT2D eigenvalue weighted by Crippen LogP contribution is -2.37. The molecule has 1 N–H and O–H groups in total. The van der Waals surface area contributed by atoms with Crippen LogP contribution in [0.1, 0.15) is 35.2 Å². The Hall–Kier alpha value is -2.40. The van der Waals surface area contributed by atoms with E-state index in [1.165, 1.54) is 6.42 Å². The normalized spacial score (nSPS) is 14.0. The molecule has 0 saturated carbocycles. The summed E-state index contributed by atoms with van der Waals surface area (Å²) in [7, 11) is 0. The van der Waals surface area contributed by atoms with Gasteiger partial charge in [0.25, 0.3) is 11.1 Å². The standard InChI is InChI=1S/C20H22N2O2S/c1-15-7-5-9-17(13-15)21-19(23)16-8-6-10-18(14-16)24-20(25)22-11-3-2-4-12-22/h5-10,13-14H,2-4,11-12H2,1H3,(H,21,23). The summed E-state index contributed by atoms with van der Waals surface area (Å²) < 4.78 is 5.79. The van der Waals surface area contributed by atoms with E-state index in [2.05, 4.69) is 10.2 Å². The Labute approximate surface area is 153 Å². The fraction of sp³-hybridized carbons (Fsp3) is 0.300. The van der Waals surface area contributed by atoms with Gasteiger partial charge in [-0.15, -0.1) is 0 Å². The topological polar surface area (TPSA) is 41.6 Å². The molecular formula is C20H22N2O2S. The van der Waals surface area contributed by atoms with Gasteiger partial charge in [-0.1, -0.05) is 18.2 Å². The molecule has 1 aliphatic heterocycles. The molecule has 0 atom stereocenters. The SMILES string of the molecule is Cc1cccc(NC(=O)c2cccc(OC(=S)N3CCCCC3)c2)c1. The number of hydrogen-bond donors (Lipinski definition) is 1. The van der Waals surface area contributed by atoms with E-state index in [4.69, 9.17) is 17.0 Å². The molecule has 25 heavy (non-hydrogen) atoms. The first-order chi connectivity index (χ1) is 12.1. The van der Waals surface area contributed by atoms with Gasteiger partial charge in [0, 0.05) is 24.3 Å². The highest BCUT2D eigenvalue weighted by molar-refractivity contribution is 7.80. The lowest BCUT2D eigenvalue weighted by atomic mass is 10.1. The van der Waals surface area contributed by atoms with Crippen molar-refractivity contribution < 1.29 is 9.53 Å². The second kappa shape index (κ2) is 8.12. The summed E-state index contributed by atoms with van der Waals surface area (Å²) in [6.45, 7) is 3.87. The van der Waals surface area contributed by atoms with Crippen LogP contribution in [0, 0.1) is 6.92 Å². The van der Waals surface area contributed by atoms with Crippen LogP contribution in [0.4, 0.5) is 5.69 Å². The minimum absolute atomic E-state index is 0.167. The van der Waals surface area contributed by atoms with Crippen LogP contribution in [0.2, 0.25) is 0 Å². The molecule has 1 aliphatic rings. The number of benzene rings is 2. The molecule has 0 spiro atoms. The van der Waals surface area contributed by atoms with Crippen molar-refractivity contribution in [1.82, 2.24) is 4.90 Å². The molecule has 3 rings (SSSR count). The third kappa shape index (κ3) is 4.79. The molecule has 2 aromatic carbocycles. The highest BCUT2D eigenvalue weighted by Crippen LogP contribution is 2.18. The first-order valence-electron chi connectivity index (χ1n) is 8.57. The number of rotatable bonds is 3. The maximum Gasteiger partial charge on any atom is 0.264 e. The van der Waals surface area contributed by atoms with Gasteiger partial charge in [-0.3, -0.25) is 4.79 Å². The number of anilines is 1. The minimum Gasteiger partial charge on any atom is -0.432 e. The van der Waals surface area contributed by atoms with Crippen LogP contribution < -0.4 is 10.1 Å². The first kappa shape index (κ1) is 17.4. The smallest absolute Gasteiger partial charge is 0.264 e. The molecule has 1 fully saturated rings. The second-order valence-corrected chi connectivity index (χ2v) is 6.62. The highest BCUT2D eigenvalue weighted by atomic mass is 32.1. The molecule has 5 heteroatoms. The van der Waals surface area contributed by atoms with Gasteiger partial charge in [-0.25, -0.2) is 0 Å². The molecule has 130 valence electrons. The molecular weight excluding hydrogens is 332 g/mol. The fourth-order valence-electron chi connectivity index (χ4n) is 2.87. The quantitative estimate of drug-likeness (QED) is 0.830. The largest absolute Gasteiger partial charge is 0.432 e. The molecule has 4 nitrogen and oxygen atoms in total. The van der Waals surface area contributed by atoms with E-state index in [0.29, 0.717) is 16.5 Å². The van der Waals surface area contributed by atoms with Crippen molar-refractivity contribution in [3.63, 3.8) is 0 Å². The number of hydrogen-bond acceptors (Lipinski definition) is 3. The van der Waals surface area contributed by atoms with Crippen LogP contribution in [0.3, 0.4) is 0 Å². The summed E-state index contributed by atoms with van der Waals surface area (Å²) >= 11 is 5.39. The Bertz CT molecular complexity index is 770. The number of ether oxygens (including phenoxy) is 1. The Morgan fingerprint density at radius 2 is 1.84 bits per heavy atom. The monoisotopic (exact) mass is 354 g/mol. The first-order valence-corrected chi connectivity index (χ1v) is 8.97. The highest BCUT2D eigenvalue weighted by Gasteiger charge is 2.15. The van der Waals surface area contributed by atoms with Gasteiger partial charge in [0.2, 0.25) is 0 Å². The van der Waals surface area contributed by atoms with Crippen LogP contribution >= 0.6 is 12.2 Å². The average molecular weight is 354 g/mol. The number of nitrogens with one attached hydrogen (secondary N) is 1. The van der Waals surface area contributed by atoms with Crippen LogP contribution in [-0.2, 0) is 0 Å². The summed E-state index contributed by atoms with van der Waals surface area (Å²) in [6.07, 6.45) is 3.53. The van der Waals surface area contributed by atoms with Crippen molar-refractivity contribution in [3.05, 3.63) is 59.7 Å². The van der Waals surface area contributed by atoms with E-state index in [1.807, 2.05) is 37.3 Å². The van der Waals surface area contributed by atoms with E-state index < -0.39 is 0 Å². The van der Waals surface area contributed by atoms with Gasteiger partial charge in [-0.05, 0) is 74.3 Å². The number of carbonyl (C=O) groups is 1. The van der Waals surface area contributed by atoms with Crippen molar-refractivity contribution in [2.24, 2.45) is 0 Å². The number of carbonyl (C=O) groups excluding carboxylic acids is 1. The van der Waals surface area contributed by atoms with E-state index in [9.17, 15) is 4.79 Å². The van der Waals surface area contributed by atoms with Gasteiger partial charge < -0.3 is 15.0 Å². The molecule has 0 unspecified atom stereocenters. The lowest BCUT2D eigenvalue weighted by Gasteiger charge is -2.28. The van der Waals surface area contributed by atoms with Gasteiger partial charge in [0.05, 0.1) is 0 Å². The maximum atomic E-state index is 12.5. The predicted octanol–water partition coefficient (Wildman–Crippen LogP) is 4.40. The Morgan fingerprint density at radius 1 is 1.08 bits per heavy atom. The number of amides is 1. The molecule has 0 aromatic heterocycles. The van der Waals surface area contributed by atoms with Gasteiger partial charge in [0.15, 0.2) is 0 Å². The number of likely N-dealkylation sites (tertiary alicyclic amines) is 1. The summed E-state index contributed by atoms with van der Waals surface area (Å²) in [5.41, 5.74) is 2.42. The molecule has 1 saturated heterocycles. The Morgan fingerprint density at radius 3 is 2.60 bits per heavy atom. The predicted molar refractivity (Wildman–Crippen MR) is 104 cm³/mol. The molecule has 0 bridgehead atoms. The third-order valence-corrected chi connectivity index (χ3v) is 4.53. The molecule has 2 aromatic rings. The van der Waals surface area contributed by atoms with E-state index >= 15 is 0 Å². The molecule has 1 amide bonds. The van der Waals surface area contributed by atoms with Crippen molar-refractivity contribution in [2.75, 3.05) is 18.4 Å². The lowest BCUT2D eigenvalue weighted by molar-refractivity contribution is 0.102. The zero-order valence-corrected chi connectivity index (χ0v) is 15.1. The zero-order chi connectivity index (χ0) is 17.6. The molecule has 0 radical (unpaired) electrons.